The van der Waals surface area contributed by atoms with E-state index in [0.29, 0.717) is 12.3 Å². The lowest BCUT2D eigenvalue weighted by Crippen LogP contribution is -2.36. The van der Waals surface area contributed by atoms with Crippen LogP contribution in [-0.4, -0.2) is 18.0 Å². The second-order valence-corrected chi connectivity index (χ2v) is 3.33. The SMILES string of the molecule is CCC#CN(C)NC(=O)CC(C)C. The fourth-order valence-corrected chi connectivity index (χ4v) is 0.829. The molecule has 0 bridgehead atoms. The third kappa shape index (κ3) is 7.20. The minimum atomic E-state index is 0.0166. The maximum atomic E-state index is 11.2. The van der Waals surface area contributed by atoms with E-state index in [1.807, 2.05) is 20.8 Å². The molecular formula is C10H18N2O. The fraction of sp³-hybridized carbons (Fsp3) is 0.700. The number of hydrogen-bond acceptors (Lipinski definition) is 2. The summed E-state index contributed by atoms with van der Waals surface area (Å²) in [5, 5.41) is 1.51. The largest absolute Gasteiger partial charge is 0.273 e. The lowest BCUT2D eigenvalue weighted by molar-refractivity contribution is -0.124. The average Bonchev–Trinajstić information content (AvgIpc) is 1.98. The van der Waals surface area contributed by atoms with Crippen molar-refractivity contribution in [2.45, 2.75) is 33.6 Å². The van der Waals surface area contributed by atoms with Gasteiger partial charge in [0.15, 0.2) is 0 Å². The summed E-state index contributed by atoms with van der Waals surface area (Å²) in [5.74, 6) is 3.27. The summed E-state index contributed by atoms with van der Waals surface area (Å²) in [7, 11) is 1.74. The van der Waals surface area contributed by atoms with E-state index in [9.17, 15) is 4.79 Å². The third-order valence-electron chi connectivity index (χ3n) is 1.31. The van der Waals surface area contributed by atoms with Gasteiger partial charge in [-0.3, -0.25) is 10.2 Å². The van der Waals surface area contributed by atoms with Gasteiger partial charge in [-0.05, 0) is 5.92 Å². The highest BCUT2D eigenvalue weighted by atomic mass is 16.2. The number of nitrogens with one attached hydrogen (secondary N) is 1. The van der Waals surface area contributed by atoms with Crippen LogP contribution >= 0.6 is 0 Å². The lowest BCUT2D eigenvalue weighted by Gasteiger charge is -2.13. The molecule has 0 radical (unpaired) electrons. The molecular weight excluding hydrogens is 164 g/mol. The van der Waals surface area contributed by atoms with E-state index in [1.54, 1.807) is 7.05 Å². The van der Waals surface area contributed by atoms with Gasteiger partial charge in [-0.1, -0.05) is 26.7 Å². The summed E-state index contributed by atoms with van der Waals surface area (Å²) in [6.45, 7) is 5.99. The molecule has 0 unspecified atom stereocenters. The first-order valence-corrected chi connectivity index (χ1v) is 4.58. The highest BCUT2D eigenvalue weighted by Crippen LogP contribution is 1.97. The molecule has 0 atom stereocenters. The molecule has 3 nitrogen and oxygen atoms in total. The topological polar surface area (TPSA) is 32.3 Å². The summed E-state index contributed by atoms with van der Waals surface area (Å²) < 4.78 is 0. The molecule has 0 aromatic carbocycles. The zero-order valence-electron chi connectivity index (χ0n) is 8.85. The number of amides is 1. The van der Waals surface area contributed by atoms with Crippen molar-refractivity contribution in [3.63, 3.8) is 0 Å². The van der Waals surface area contributed by atoms with E-state index in [1.165, 1.54) is 5.01 Å². The van der Waals surface area contributed by atoms with Gasteiger partial charge in [0.05, 0.1) is 0 Å². The van der Waals surface area contributed by atoms with Gasteiger partial charge in [0, 0.05) is 25.9 Å². The van der Waals surface area contributed by atoms with E-state index in [-0.39, 0.29) is 5.91 Å². The molecule has 0 spiro atoms. The molecule has 0 aromatic rings. The molecule has 0 rings (SSSR count). The molecule has 0 aliphatic rings. The lowest BCUT2D eigenvalue weighted by atomic mass is 10.1. The zero-order chi connectivity index (χ0) is 10.3. The fourth-order valence-electron chi connectivity index (χ4n) is 0.829. The van der Waals surface area contributed by atoms with Crippen LogP contribution in [0.5, 0.6) is 0 Å². The first-order valence-electron chi connectivity index (χ1n) is 4.58. The number of carbonyl (C=O) groups is 1. The van der Waals surface area contributed by atoms with Crippen molar-refractivity contribution in [3.8, 4) is 12.0 Å². The van der Waals surface area contributed by atoms with Crippen molar-refractivity contribution in [3.05, 3.63) is 0 Å². The molecule has 13 heavy (non-hydrogen) atoms. The average molecular weight is 182 g/mol. The van der Waals surface area contributed by atoms with Crippen molar-refractivity contribution in [2.24, 2.45) is 5.92 Å². The van der Waals surface area contributed by atoms with E-state index in [4.69, 9.17) is 0 Å². The highest BCUT2D eigenvalue weighted by molar-refractivity contribution is 5.75. The summed E-state index contributed by atoms with van der Waals surface area (Å²) in [6, 6.07) is 2.79. The predicted octanol–water partition coefficient (Wildman–Crippen LogP) is 1.37. The van der Waals surface area contributed by atoms with Crippen LogP contribution in [0.25, 0.3) is 0 Å². The minimum absolute atomic E-state index is 0.0166. The van der Waals surface area contributed by atoms with Gasteiger partial charge in [-0.15, -0.1) is 0 Å². The molecule has 0 aliphatic heterocycles. The van der Waals surface area contributed by atoms with Gasteiger partial charge in [-0.25, -0.2) is 5.01 Å². The highest BCUT2D eigenvalue weighted by Gasteiger charge is 2.04. The molecule has 0 saturated carbocycles. The second-order valence-electron chi connectivity index (χ2n) is 3.33. The Morgan fingerprint density at radius 2 is 2.15 bits per heavy atom. The van der Waals surface area contributed by atoms with Crippen LogP contribution in [0.2, 0.25) is 0 Å². The standard InChI is InChI=1S/C10H18N2O/c1-5-6-7-12(4)11-10(13)8-9(2)3/h9H,5,8H2,1-4H3,(H,11,13). The van der Waals surface area contributed by atoms with E-state index >= 15 is 0 Å². The summed E-state index contributed by atoms with van der Waals surface area (Å²) in [6.07, 6.45) is 1.34. The number of nitrogens with zero attached hydrogens (tertiary/aromatic N) is 1. The number of rotatable bonds is 3. The molecule has 0 aromatic heterocycles. The van der Waals surface area contributed by atoms with Crippen LogP contribution in [0.1, 0.15) is 33.6 Å². The van der Waals surface area contributed by atoms with Crippen LogP contribution in [0, 0.1) is 17.9 Å². The number of hydrogen-bond donors (Lipinski definition) is 1. The predicted molar refractivity (Wildman–Crippen MR) is 53.4 cm³/mol. The van der Waals surface area contributed by atoms with Crippen LogP contribution in [-0.2, 0) is 4.79 Å². The number of carbonyl (C=O) groups excluding carboxylic acids is 1. The first-order chi connectivity index (χ1) is 6.06. The smallest absolute Gasteiger partial charge is 0.239 e. The van der Waals surface area contributed by atoms with Gasteiger partial charge >= 0.3 is 0 Å². The Morgan fingerprint density at radius 3 is 2.62 bits per heavy atom. The van der Waals surface area contributed by atoms with E-state index in [2.05, 4.69) is 17.4 Å². The Balaban J connectivity index is 3.78. The van der Waals surface area contributed by atoms with Crippen molar-refractivity contribution >= 4 is 5.91 Å². The maximum absolute atomic E-state index is 11.2. The van der Waals surface area contributed by atoms with Crippen LogP contribution in [0.3, 0.4) is 0 Å². The van der Waals surface area contributed by atoms with Gasteiger partial charge in [0.2, 0.25) is 5.91 Å². The number of hydrazine groups is 1. The second kappa shape index (κ2) is 6.36. The Labute approximate surface area is 80.5 Å². The Bertz CT molecular complexity index is 213. The Kier molecular flexibility index (Phi) is 5.79. The van der Waals surface area contributed by atoms with Gasteiger partial charge in [-0.2, -0.15) is 0 Å². The van der Waals surface area contributed by atoms with Crippen molar-refractivity contribution in [1.82, 2.24) is 10.4 Å². The quantitative estimate of drug-likeness (QED) is 0.406. The van der Waals surface area contributed by atoms with Crippen molar-refractivity contribution in [1.29, 1.82) is 0 Å². The monoisotopic (exact) mass is 182 g/mol. The molecule has 1 amide bonds. The summed E-state index contributed by atoms with van der Waals surface area (Å²) >= 11 is 0. The van der Waals surface area contributed by atoms with Crippen LogP contribution in [0.15, 0.2) is 0 Å². The van der Waals surface area contributed by atoms with Crippen molar-refractivity contribution < 1.29 is 4.79 Å². The van der Waals surface area contributed by atoms with Crippen molar-refractivity contribution in [2.75, 3.05) is 7.05 Å². The van der Waals surface area contributed by atoms with Crippen LogP contribution in [0.4, 0.5) is 0 Å². The first kappa shape index (κ1) is 11.8. The third-order valence-corrected chi connectivity index (χ3v) is 1.31. The van der Waals surface area contributed by atoms with Gasteiger partial charge in [0.25, 0.3) is 0 Å². The van der Waals surface area contributed by atoms with Gasteiger partial charge < -0.3 is 0 Å². The van der Waals surface area contributed by atoms with Crippen LogP contribution < -0.4 is 5.43 Å². The maximum Gasteiger partial charge on any atom is 0.239 e. The van der Waals surface area contributed by atoms with E-state index in [0.717, 1.165) is 6.42 Å². The summed E-state index contributed by atoms with van der Waals surface area (Å²) in [5.41, 5.74) is 2.67. The Morgan fingerprint density at radius 1 is 1.54 bits per heavy atom. The normalized spacial score (nSPS) is 9.00. The molecule has 0 saturated heterocycles. The molecule has 1 N–H and O–H groups in total. The Hall–Kier alpha value is -1.17. The minimum Gasteiger partial charge on any atom is -0.273 e. The summed E-state index contributed by atoms with van der Waals surface area (Å²) in [4.78, 5) is 11.2. The molecule has 74 valence electrons. The molecule has 3 heteroatoms. The zero-order valence-corrected chi connectivity index (χ0v) is 8.85. The molecule has 0 aliphatic carbocycles. The van der Waals surface area contributed by atoms with E-state index < -0.39 is 0 Å². The van der Waals surface area contributed by atoms with Gasteiger partial charge in [0.1, 0.15) is 0 Å². The molecule has 0 heterocycles. The molecule has 0 fully saturated rings.